The van der Waals surface area contributed by atoms with Gasteiger partial charge in [0.15, 0.2) is 5.69 Å². The minimum Gasteiger partial charge on any atom is -0.321 e. The fraction of sp³-hybridized carbons (Fsp3) is 0.118. The lowest BCUT2D eigenvalue weighted by atomic mass is 10.2. The number of nitrogens with zero attached hydrogens (tertiary/aromatic N) is 3. The summed E-state index contributed by atoms with van der Waals surface area (Å²) in [6.45, 7) is 3.81. The zero-order valence-electron chi connectivity index (χ0n) is 12.4. The minimum absolute atomic E-state index is 0.259. The van der Waals surface area contributed by atoms with Crippen molar-refractivity contribution in [1.29, 1.82) is 0 Å². The quantitative estimate of drug-likeness (QED) is 0.806. The molecule has 0 aliphatic carbocycles. The Kier molecular flexibility index (Phi) is 3.70. The van der Waals surface area contributed by atoms with E-state index in [9.17, 15) is 4.79 Å². The highest BCUT2D eigenvalue weighted by atomic mass is 16.2. The van der Waals surface area contributed by atoms with Gasteiger partial charge in [0, 0.05) is 5.69 Å². The Hall–Kier alpha value is -2.95. The van der Waals surface area contributed by atoms with Gasteiger partial charge in [0.25, 0.3) is 5.91 Å². The maximum absolute atomic E-state index is 12.4. The number of aryl methyl sites for hydroxylation is 1. The van der Waals surface area contributed by atoms with E-state index < -0.39 is 0 Å². The van der Waals surface area contributed by atoms with E-state index in [1.54, 1.807) is 4.68 Å². The summed E-state index contributed by atoms with van der Waals surface area (Å²) in [6, 6.07) is 17.3. The number of carbonyl (C=O) groups excluding carboxylic acids is 1. The van der Waals surface area contributed by atoms with Gasteiger partial charge in [0.05, 0.1) is 11.4 Å². The Labute approximate surface area is 128 Å². The Morgan fingerprint density at radius 3 is 2.55 bits per heavy atom. The van der Waals surface area contributed by atoms with Crippen molar-refractivity contribution < 1.29 is 4.79 Å². The van der Waals surface area contributed by atoms with Crippen LogP contribution in [0.3, 0.4) is 0 Å². The first-order valence-electron chi connectivity index (χ1n) is 7.01. The molecule has 0 fully saturated rings. The van der Waals surface area contributed by atoms with Gasteiger partial charge in [-0.25, -0.2) is 4.68 Å². The minimum atomic E-state index is -0.259. The van der Waals surface area contributed by atoms with Crippen LogP contribution >= 0.6 is 0 Å². The molecule has 1 aromatic heterocycles. The summed E-state index contributed by atoms with van der Waals surface area (Å²) in [4.78, 5) is 12.4. The number of nitrogens with one attached hydrogen (secondary N) is 1. The van der Waals surface area contributed by atoms with Gasteiger partial charge in [-0.15, -0.1) is 5.10 Å². The van der Waals surface area contributed by atoms with Gasteiger partial charge >= 0.3 is 0 Å². The highest BCUT2D eigenvalue weighted by Crippen LogP contribution is 2.15. The molecule has 0 aliphatic heterocycles. The molecule has 3 aromatic rings. The number of hydrogen-bond donors (Lipinski definition) is 1. The van der Waals surface area contributed by atoms with Gasteiger partial charge in [0.1, 0.15) is 0 Å². The molecule has 0 saturated heterocycles. The SMILES string of the molecule is Cc1cccc(NC(=O)c2nnn(-c3ccccc3)c2C)c1. The van der Waals surface area contributed by atoms with Crippen LogP contribution in [0.1, 0.15) is 21.7 Å². The number of hydrogen-bond acceptors (Lipinski definition) is 3. The average Bonchev–Trinajstić information content (AvgIpc) is 2.90. The van der Waals surface area contributed by atoms with Crippen LogP contribution in [0.15, 0.2) is 54.6 Å². The topological polar surface area (TPSA) is 59.8 Å². The van der Waals surface area contributed by atoms with Crippen molar-refractivity contribution in [3.63, 3.8) is 0 Å². The Balaban J connectivity index is 1.87. The Morgan fingerprint density at radius 2 is 1.82 bits per heavy atom. The first kappa shape index (κ1) is 14.0. The van der Waals surface area contributed by atoms with Crippen molar-refractivity contribution >= 4 is 11.6 Å². The molecule has 110 valence electrons. The predicted octanol–water partition coefficient (Wildman–Crippen LogP) is 3.14. The molecule has 0 saturated carbocycles. The molecule has 22 heavy (non-hydrogen) atoms. The molecule has 5 nitrogen and oxygen atoms in total. The zero-order chi connectivity index (χ0) is 15.5. The van der Waals surface area contributed by atoms with Crippen molar-refractivity contribution in [3.8, 4) is 5.69 Å². The van der Waals surface area contributed by atoms with Crippen LogP contribution in [-0.4, -0.2) is 20.9 Å². The number of amides is 1. The molecule has 1 N–H and O–H groups in total. The third-order valence-corrected chi connectivity index (χ3v) is 3.39. The monoisotopic (exact) mass is 292 g/mol. The second kappa shape index (κ2) is 5.81. The molecule has 0 radical (unpaired) electrons. The summed E-state index contributed by atoms with van der Waals surface area (Å²) in [5.74, 6) is -0.259. The lowest BCUT2D eigenvalue weighted by Crippen LogP contribution is -2.14. The van der Waals surface area contributed by atoms with Crippen molar-refractivity contribution in [3.05, 3.63) is 71.5 Å². The molecule has 0 bridgehead atoms. The van der Waals surface area contributed by atoms with Crippen LogP contribution in [0, 0.1) is 13.8 Å². The van der Waals surface area contributed by atoms with Crippen LogP contribution in [0.4, 0.5) is 5.69 Å². The Morgan fingerprint density at radius 1 is 1.05 bits per heavy atom. The molecule has 1 amide bonds. The van der Waals surface area contributed by atoms with Gasteiger partial charge in [-0.2, -0.15) is 0 Å². The first-order chi connectivity index (χ1) is 10.6. The summed E-state index contributed by atoms with van der Waals surface area (Å²) in [6.07, 6.45) is 0. The van der Waals surface area contributed by atoms with Gasteiger partial charge in [-0.1, -0.05) is 35.5 Å². The first-order valence-corrected chi connectivity index (χ1v) is 7.01. The molecule has 1 heterocycles. The molecular formula is C17H16N4O. The van der Waals surface area contributed by atoms with Crippen LogP contribution in [0.25, 0.3) is 5.69 Å². The van der Waals surface area contributed by atoms with Crippen molar-refractivity contribution in [2.45, 2.75) is 13.8 Å². The largest absolute Gasteiger partial charge is 0.321 e. The smallest absolute Gasteiger partial charge is 0.278 e. The van der Waals surface area contributed by atoms with Gasteiger partial charge in [-0.3, -0.25) is 4.79 Å². The third-order valence-electron chi connectivity index (χ3n) is 3.39. The molecule has 0 atom stereocenters. The average molecular weight is 292 g/mol. The lowest BCUT2D eigenvalue weighted by molar-refractivity contribution is 0.102. The standard InChI is InChI=1S/C17H16N4O/c1-12-7-6-8-14(11-12)18-17(22)16-13(2)21(20-19-16)15-9-4-3-5-10-15/h3-11H,1-2H3,(H,18,22). The molecule has 3 rings (SSSR count). The molecule has 0 unspecified atom stereocenters. The van der Waals surface area contributed by atoms with Gasteiger partial charge < -0.3 is 5.32 Å². The van der Waals surface area contributed by atoms with Crippen molar-refractivity contribution in [2.24, 2.45) is 0 Å². The van der Waals surface area contributed by atoms with E-state index >= 15 is 0 Å². The van der Waals surface area contributed by atoms with Crippen molar-refractivity contribution in [2.75, 3.05) is 5.32 Å². The van der Waals surface area contributed by atoms with Crippen LogP contribution in [-0.2, 0) is 0 Å². The number of para-hydroxylation sites is 1. The summed E-state index contributed by atoms with van der Waals surface area (Å²) < 4.78 is 1.66. The number of carbonyl (C=O) groups is 1. The molecule has 2 aromatic carbocycles. The van der Waals surface area contributed by atoms with E-state index in [1.807, 2.05) is 68.4 Å². The second-order valence-corrected chi connectivity index (χ2v) is 5.09. The molecule has 0 aliphatic rings. The third kappa shape index (κ3) is 2.74. The summed E-state index contributed by atoms with van der Waals surface area (Å²) >= 11 is 0. The predicted molar refractivity (Wildman–Crippen MR) is 85.2 cm³/mol. The molecule has 5 heteroatoms. The summed E-state index contributed by atoms with van der Waals surface area (Å²) in [5.41, 5.74) is 3.74. The van der Waals surface area contributed by atoms with Crippen LogP contribution in [0.2, 0.25) is 0 Å². The van der Waals surface area contributed by atoms with E-state index in [-0.39, 0.29) is 5.91 Å². The lowest BCUT2D eigenvalue weighted by Gasteiger charge is -2.05. The number of aromatic nitrogens is 3. The fourth-order valence-electron chi connectivity index (χ4n) is 2.27. The van der Waals surface area contributed by atoms with Gasteiger partial charge in [-0.05, 0) is 43.7 Å². The van der Waals surface area contributed by atoms with E-state index in [4.69, 9.17) is 0 Å². The van der Waals surface area contributed by atoms with E-state index in [0.29, 0.717) is 11.4 Å². The fourth-order valence-corrected chi connectivity index (χ4v) is 2.27. The summed E-state index contributed by atoms with van der Waals surface area (Å²) in [5, 5.41) is 10.9. The number of rotatable bonds is 3. The van der Waals surface area contributed by atoms with E-state index in [0.717, 1.165) is 16.9 Å². The highest BCUT2D eigenvalue weighted by molar-refractivity contribution is 6.03. The summed E-state index contributed by atoms with van der Waals surface area (Å²) in [7, 11) is 0. The number of anilines is 1. The van der Waals surface area contributed by atoms with Crippen LogP contribution < -0.4 is 5.32 Å². The highest BCUT2D eigenvalue weighted by Gasteiger charge is 2.17. The zero-order valence-corrected chi connectivity index (χ0v) is 12.4. The Bertz CT molecular complexity index is 809. The molecular weight excluding hydrogens is 276 g/mol. The van der Waals surface area contributed by atoms with Gasteiger partial charge in [0.2, 0.25) is 0 Å². The number of benzene rings is 2. The maximum atomic E-state index is 12.4. The van der Waals surface area contributed by atoms with E-state index in [2.05, 4.69) is 15.6 Å². The second-order valence-electron chi connectivity index (χ2n) is 5.09. The normalized spacial score (nSPS) is 10.5. The van der Waals surface area contributed by atoms with Crippen molar-refractivity contribution in [1.82, 2.24) is 15.0 Å². The molecule has 0 spiro atoms. The van der Waals surface area contributed by atoms with E-state index in [1.165, 1.54) is 0 Å². The maximum Gasteiger partial charge on any atom is 0.278 e. The van der Waals surface area contributed by atoms with Crippen LogP contribution in [0.5, 0.6) is 0 Å².